The van der Waals surface area contributed by atoms with Gasteiger partial charge in [-0.2, -0.15) is 0 Å². The summed E-state index contributed by atoms with van der Waals surface area (Å²) in [4.78, 5) is 4.26. The van der Waals surface area contributed by atoms with Crippen molar-refractivity contribution in [2.45, 2.75) is 51.7 Å². The Labute approximate surface area is 131 Å². The van der Waals surface area contributed by atoms with Gasteiger partial charge < -0.3 is 15.0 Å². The van der Waals surface area contributed by atoms with Crippen LogP contribution >= 0.6 is 0 Å². The summed E-state index contributed by atoms with van der Waals surface area (Å²) in [7, 11) is 1.93. The molecule has 0 aromatic carbocycles. The molecule has 6 nitrogen and oxygen atoms in total. The second kappa shape index (κ2) is 6.87. The van der Waals surface area contributed by atoms with Crippen LogP contribution in [0.5, 0.6) is 0 Å². The van der Waals surface area contributed by atoms with Crippen LogP contribution in [0.4, 0.5) is 5.82 Å². The van der Waals surface area contributed by atoms with Crippen molar-refractivity contribution in [2.75, 3.05) is 5.32 Å². The highest BCUT2D eigenvalue weighted by Gasteiger charge is 2.13. The zero-order chi connectivity index (χ0) is 16.2. The molecule has 6 heteroatoms. The molecule has 0 fully saturated rings. The Morgan fingerprint density at radius 3 is 2.64 bits per heavy atom. The SMILES string of the molecule is C[C@@H](CCCC(C)(C)O)Nc1ccc(-c2nccn2C)nn1. The predicted molar refractivity (Wildman–Crippen MR) is 87.5 cm³/mol. The minimum atomic E-state index is -0.594. The van der Waals surface area contributed by atoms with Gasteiger partial charge in [0.2, 0.25) is 0 Å². The maximum atomic E-state index is 9.71. The van der Waals surface area contributed by atoms with E-state index in [1.807, 2.05) is 43.8 Å². The van der Waals surface area contributed by atoms with Crippen molar-refractivity contribution in [1.82, 2.24) is 19.7 Å². The zero-order valence-corrected chi connectivity index (χ0v) is 13.7. The van der Waals surface area contributed by atoms with Gasteiger partial charge in [0.1, 0.15) is 11.5 Å². The van der Waals surface area contributed by atoms with Crippen LogP contribution in [0, 0.1) is 0 Å². The summed E-state index contributed by atoms with van der Waals surface area (Å²) >= 11 is 0. The Bertz CT molecular complexity index is 585. The molecule has 2 aromatic heterocycles. The first-order chi connectivity index (χ1) is 10.3. The fourth-order valence-corrected chi connectivity index (χ4v) is 2.31. The van der Waals surface area contributed by atoms with Gasteiger partial charge in [0.15, 0.2) is 5.82 Å². The third kappa shape index (κ3) is 4.80. The predicted octanol–water partition coefficient (Wildman–Crippen LogP) is 2.62. The summed E-state index contributed by atoms with van der Waals surface area (Å²) < 4.78 is 1.91. The monoisotopic (exact) mass is 303 g/mol. The standard InChI is InChI=1S/C16H25N5O/c1-12(6-5-9-16(2,3)22)18-14-8-7-13(19-20-14)15-17-10-11-21(15)4/h7-8,10-12,22H,5-6,9H2,1-4H3,(H,18,20)/t12-/m0/s1. The first-order valence-electron chi connectivity index (χ1n) is 7.65. The van der Waals surface area contributed by atoms with Crippen molar-refractivity contribution < 1.29 is 5.11 Å². The molecule has 0 unspecified atom stereocenters. The fourth-order valence-electron chi connectivity index (χ4n) is 2.31. The van der Waals surface area contributed by atoms with E-state index >= 15 is 0 Å². The first kappa shape index (κ1) is 16.4. The molecular formula is C16H25N5O. The summed E-state index contributed by atoms with van der Waals surface area (Å²) in [5.41, 5.74) is 0.163. The van der Waals surface area contributed by atoms with Crippen LogP contribution in [0.15, 0.2) is 24.5 Å². The largest absolute Gasteiger partial charge is 0.390 e. The molecule has 0 aliphatic heterocycles. The lowest BCUT2D eigenvalue weighted by atomic mass is 10.00. The molecule has 2 aromatic rings. The van der Waals surface area contributed by atoms with E-state index in [1.165, 1.54) is 0 Å². The first-order valence-corrected chi connectivity index (χ1v) is 7.65. The smallest absolute Gasteiger partial charge is 0.160 e. The van der Waals surface area contributed by atoms with Crippen LogP contribution in [-0.2, 0) is 7.05 Å². The molecule has 1 atom stereocenters. The minimum absolute atomic E-state index is 0.288. The van der Waals surface area contributed by atoms with Gasteiger partial charge in [0.25, 0.3) is 0 Å². The van der Waals surface area contributed by atoms with E-state index in [4.69, 9.17) is 0 Å². The van der Waals surface area contributed by atoms with Gasteiger partial charge in [-0.1, -0.05) is 0 Å². The van der Waals surface area contributed by atoms with Crippen molar-refractivity contribution in [2.24, 2.45) is 7.05 Å². The molecule has 2 heterocycles. The van der Waals surface area contributed by atoms with Crippen molar-refractivity contribution in [3.05, 3.63) is 24.5 Å². The van der Waals surface area contributed by atoms with Crippen LogP contribution in [-0.4, -0.2) is 36.5 Å². The number of aryl methyl sites for hydroxylation is 1. The highest BCUT2D eigenvalue weighted by atomic mass is 16.3. The highest BCUT2D eigenvalue weighted by molar-refractivity contribution is 5.51. The van der Waals surface area contributed by atoms with Gasteiger partial charge in [-0.15, -0.1) is 10.2 Å². The van der Waals surface area contributed by atoms with Gasteiger partial charge in [-0.05, 0) is 52.2 Å². The normalized spacial score (nSPS) is 13.1. The molecule has 0 bridgehead atoms. The van der Waals surface area contributed by atoms with E-state index in [0.717, 1.165) is 36.6 Å². The van der Waals surface area contributed by atoms with Gasteiger partial charge in [-0.3, -0.25) is 0 Å². The van der Waals surface area contributed by atoms with E-state index in [9.17, 15) is 5.11 Å². The average molecular weight is 303 g/mol. The second-order valence-electron chi connectivity index (χ2n) is 6.42. The van der Waals surface area contributed by atoms with E-state index in [2.05, 4.69) is 27.4 Å². The third-order valence-corrected chi connectivity index (χ3v) is 3.53. The van der Waals surface area contributed by atoms with Crippen LogP contribution in [0.1, 0.15) is 40.0 Å². The van der Waals surface area contributed by atoms with E-state index in [0.29, 0.717) is 0 Å². The molecule has 0 saturated carbocycles. The summed E-state index contributed by atoms with van der Waals surface area (Å²) in [5.74, 6) is 1.56. The molecule has 0 spiro atoms. The number of nitrogens with one attached hydrogen (secondary N) is 1. The number of hydrogen-bond acceptors (Lipinski definition) is 5. The lowest BCUT2D eigenvalue weighted by Crippen LogP contribution is -2.21. The van der Waals surface area contributed by atoms with Gasteiger partial charge in [-0.25, -0.2) is 4.98 Å². The number of aromatic nitrogens is 4. The number of aliphatic hydroxyl groups is 1. The highest BCUT2D eigenvalue weighted by Crippen LogP contribution is 2.17. The topological polar surface area (TPSA) is 75.9 Å². The number of hydrogen-bond donors (Lipinski definition) is 2. The van der Waals surface area contributed by atoms with Crippen LogP contribution in [0.25, 0.3) is 11.5 Å². The average Bonchev–Trinajstić information content (AvgIpc) is 2.84. The quantitative estimate of drug-likeness (QED) is 0.822. The number of anilines is 1. The fraction of sp³-hybridized carbons (Fsp3) is 0.562. The van der Waals surface area contributed by atoms with E-state index in [-0.39, 0.29) is 6.04 Å². The summed E-state index contributed by atoms with van der Waals surface area (Å²) in [5, 5.41) is 21.5. The number of imidazole rings is 1. The van der Waals surface area contributed by atoms with Crippen molar-refractivity contribution in [1.29, 1.82) is 0 Å². The van der Waals surface area contributed by atoms with Crippen LogP contribution in [0.2, 0.25) is 0 Å². The molecule has 0 amide bonds. The van der Waals surface area contributed by atoms with E-state index in [1.54, 1.807) is 6.20 Å². The van der Waals surface area contributed by atoms with Crippen molar-refractivity contribution in [3.8, 4) is 11.5 Å². The number of nitrogens with zero attached hydrogens (tertiary/aromatic N) is 4. The molecule has 120 valence electrons. The Morgan fingerprint density at radius 1 is 1.32 bits per heavy atom. The molecule has 0 aliphatic carbocycles. The molecule has 0 saturated heterocycles. The van der Waals surface area contributed by atoms with Crippen molar-refractivity contribution in [3.63, 3.8) is 0 Å². The molecule has 0 aliphatic rings. The molecule has 2 N–H and O–H groups in total. The lowest BCUT2D eigenvalue weighted by molar-refractivity contribution is 0.0680. The van der Waals surface area contributed by atoms with Gasteiger partial charge >= 0.3 is 0 Å². The Morgan fingerprint density at radius 2 is 2.09 bits per heavy atom. The number of rotatable bonds is 7. The van der Waals surface area contributed by atoms with Crippen LogP contribution < -0.4 is 5.32 Å². The lowest BCUT2D eigenvalue weighted by Gasteiger charge is -2.19. The summed E-state index contributed by atoms with van der Waals surface area (Å²) in [6.07, 6.45) is 6.37. The molecule has 2 rings (SSSR count). The molecular weight excluding hydrogens is 278 g/mol. The van der Waals surface area contributed by atoms with Gasteiger partial charge in [0, 0.05) is 25.5 Å². The molecule has 22 heavy (non-hydrogen) atoms. The Balaban J connectivity index is 1.87. The zero-order valence-electron chi connectivity index (χ0n) is 13.7. The van der Waals surface area contributed by atoms with Crippen molar-refractivity contribution >= 4 is 5.82 Å². The Kier molecular flexibility index (Phi) is 5.13. The maximum absolute atomic E-state index is 9.71. The third-order valence-electron chi connectivity index (χ3n) is 3.53. The van der Waals surface area contributed by atoms with E-state index < -0.39 is 5.60 Å². The second-order valence-corrected chi connectivity index (χ2v) is 6.42. The molecule has 0 radical (unpaired) electrons. The Hall–Kier alpha value is -1.95. The summed E-state index contributed by atoms with van der Waals surface area (Å²) in [6.45, 7) is 5.79. The van der Waals surface area contributed by atoms with Gasteiger partial charge in [0.05, 0.1) is 5.60 Å². The maximum Gasteiger partial charge on any atom is 0.160 e. The van der Waals surface area contributed by atoms with Crippen LogP contribution in [0.3, 0.4) is 0 Å². The summed E-state index contributed by atoms with van der Waals surface area (Å²) in [6, 6.07) is 4.13. The minimum Gasteiger partial charge on any atom is -0.390 e.